The second-order valence-corrected chi connectivity index (χ2v) is 7.30. The summed E-state index contributed by atoms with van der Waals surface area (Å²) in [4.78, 5) is 16.9. The molecule has 0 aliphatic carbocycles. The first-order valence-corrected chi connectivity index (χ1v) is 9.20. The fourth-order valence-electron chi connectivity index (χ4n) is 2.62. The molecule has 0 aliphatic heterocycles. The van der Waals surface area contributed by atoms with Gasteiger partial charge in [-0.05, 0) is 42.8 Å². The van der Waals surface area contributed by atoms with Crippen molar-refractivity contribution >= 4 is 39.8 Å². The van der Waals surface area contributed by atoms with E-state index in [0.717, 1.165) is 21.7 Å². The van der Waals surface area contributed by atoms with E-state index in [-0.39, 0.29) is 5.91 Å². The van der Waals surface area contributed by atoms with E-state index in [0.29, 0.717) is 28.4 Å². The van der Waals surface area contributed by atoms with E-state index < -0.39 is 0 Å². The molecule has 0 fully saturated rings. The molecule has 2 heterocycles. The SMILES string of the molecule is Cc1nc(-c2noc3ccc(C(=O)NCc4ccc(Cl)cc4)cc23)cs1. The predicted molar refractivity (Wildman–Crippen MR) is 102 cm³/mol. The van der Waals surface area contributed by atoms with Crippen LogP contribution in [0.25, 0.3) is 22.4 Å². The molecule has 0 spiro atoms. The fraction of sp³-hybridized carbons (Fsp3) is 0.105. The van der Waals surface area contributed by atoms with Gasteiger partial charge in [-0.1, -0.05) is 28.9 Å². The van der Waals surface area contributed by atoms with E-state index >= 15 is 0 Å². The van der Waals surface area contributed by atoms with E-state index in [1.165, 1.54) is 0 Å². The summed E-state index contributed by atoms with van der Waals surface area (Å²) in [6.07, 6.45) is 0. The van der Waals surface area contributed by atoms with Gasteiger partial charge in [0.15, 0.2) is 5.58 Å². The van der Waals surface area contributed by atoms with Crippen LogP contribution in [0.2, 0.25) is 5.02 Å². The van der Waals surface area contributed by atoms with Crippen LogP contribution in [0, 0.1) is 6.92 Å². The molecule has 7 heteroatoms. The summed E-state index contributed by atoms with van der Waals surface area (Å²) in [5.74, 6) is -0.163. The number of halogens is 1. The minimum absolute atomic E-state index is 0.163. The monoisotopic (exact) mass is 383 g/mol. The highest BCUT2D eigenvalue weighted by Gasteiger charge is 2.15. The van der Waals surface area contributed by atoms with Crippen molar-refractivity contribution in [2.24, 2.45) is 0 Å². The zero-order valence-corrected chi connectivity index (χ0v) is 15.4. The van der Waals surface area contributed by atoms with Gasteiger partial charge in [0, 0.05) is 22.5 Å². The van der Waals surface area contributed by atoms with Crippen molar-refractivity contribution in [1.29, 1.82) is 0 Å². The molecule has 0 saturated heterocycles. The third-order valence-electron chi connectivity index (χ3n) is 3.96. The van der Waals surface area contributed by atoms with Crippen LogP contribution in [0.4, 0.5) is 0 Å². The van der Waals surface area contributed by atoms with Crippen LogP contribution in [-0.2, 0) is 6.54 Å². The van der Waals surface area contributed by atoms with Crippen molar-refractivity contribution < 1.29 is 9.32 Å². The smallest absolute Gasteiger partial charge is 0.251 e. The number of amides is 1. The number of hydrogen-bond acceptors (Lipinski definition) is 5. The van der Waals surface area contributed by atoms with Gasteiger partial charge < -0.3 is 9.84 Å². The van der Waals surface area contributed by atoms with Gasteiger partial charge in [-0.25, -0.2) is 4.98 Å². The lowest BCUT2D eigenvalue weighted by Gasteiger charge is -2.06. The fourth-order valence-corrected chi connectivity index (χ4v) is 3.35. The third kappa shape index (κ3) is 3.34. The number of rotatable bonds is 4. The zero-order chi connectivity index (χ0) is 18.1. The number of aryl methyl sites for hydroxylation is 1. The summed E-state index contributed by atoms with van der Waals surface area (Å²) in [6, 6.07) is 12.6. The Balaban J connectivity index is 1.58. The largest absolute Gasteiger partial charge is 0.356 e. The zero-order valence-electron chi connectivity index (χ0n) is 13.8. The molecular weight excluding hydrogens is 370 g/mol. The van der Waals surface area contributed by atoms with Gasteiger partial charge in [0.1, 0.15) is 11.4 Å². The molecule has 0 atom stereocenters. The van der Waals surface area contributed by atoms with Crippen molar-refractivity contribution in [3.8, 4) is 11.4 Å². The lowest BCUT2D eigenvalue weighted by atomic mass is 10.1. The second kappa shape index (κ2) is 6.90. The van der Waals surface area contributed by atoms with Gasteiger partial charge >= 0.3 is 0 Å². The van der Waals surface area contributed by atoms with E-state index in [4.69, 9.17) is 16.1 Å². The lowest BCUT2D eigenvalue weighted by Crippen LogP contribution is -2.22. The first-order chi connectivity index (χ1) is 12.6. The second-order valence-electron chi connectivity index (χ2n) is 5.80. The van der Waals surface area contributed by atoms with Gasteiger partial charge in [-0.3, -0.25) is 4.79 Å². The van der Waals surface area contributed by atoms with Crippen molar-refractivity contribution in [3.05, 3.63) is 69.0 Å². The van der Waals surface area contributed by atoms with Gasteiger partial charge in [-0.2, -0.15) is 0 Å². The summed E-state index contributed by atoms with van der Waals surface area (Å²) < 4.78 is 5.36. The average Bonchev–Trinajstić information content (AvgIpc) is 3.26. The molecule has 130 valence electrons. The molecule has 1 N–H and O–H groups in total. The van der Waals surface area contributed by atoms with Crippen molar-refractivity contribution in [2.45, 2.75) is 13.5 Å². The molecular formula is C19H14ClN3O2S. The molecule has 4 aromatic rings. The van der Waals surface area contributed by atoms with E-state index in [2.05, 4.69) is 15.5 Å². The van der Waals surface area contributed by atoms with Crippen molar-refractivity contribution in [2.75, 3.05) is 0 Å². The number of hydrogen-bond donors (Lipinski definition) is 1. The Labute approximate surface area is 158 Å². The quantitative estimate of drug-likeness (QED) is 0.547. The Kier molecular flexibility index (Phi) is 4.44. The van der Waals surface area contributed by atoms with Crippen LogP contribution in [-0.4, -0.2) is 16.0 Å². The highest BCUT2D eigenvalue weighted by molar-refractivity contribution is 7.09. The van der Waals surface area contributed by atoms with Crippen LogP contribution in [0.15, 0.2) is 52.4 Å². The summed E-state index contributed by atoms with van der Waals surface area (Å²) in [5, 5.41) is 11.3. The Morgan fingerprint density at radius 3 is 2.77 bits per heavy atom. The Morgan fingerprint density at radius 2 is 2.04 bits per heavy atom. The topological polar surface area (TPSA) is 68.0 Å². The highest BCUT2D eigenvalue weighted by Crippen LogP contribution is 2.29. The molecule has 0 saturated carbocycles. The normalized spacial score (nSPS) is 11.0. The molecule has 2 aromatic heterocycles. The number of fused-ring (bicyclic) bond motifs is 1. The Morgan fingerprint density at radius 1 is 1.23 bits per heavy atom. The maximum Gasteiger partial charge on any atom is 0.251 e. The van der Waals surface area contributed by atoms with Gasteiger partial charge in [0.05, 0.1) is 10.4 Å². The molecule has 5 nitrogen and oxygen atoms in total. The lowest BCUT2D eigenvalue weighted by molar-refractivity contribution is 0.0951. The number of thiazole rings is 1. The first kappa shape index (κ1) is 16.8. The molecule has 4 rings (SSSR count). The number of aromatic nitrogens is 2. The van der Waals surface area contributed by atoms with Crippen molar-refractivity contribution in [3.63, 3.8) is 0 Å². The number of carbonyl (C=O) groups is 1. The van der Waals surface area contributed by atoms with E-state index in [1.54, 1.807) is 41.7 Å². The number of carbonyl (C=O) groups excluding carboxylic acids is 1. The maximum absolute atomic E-state index is 12.5. The highest BCUT2D eigenvalue weighted by atomic mass is 35.5. The minimum atomic E-state index is -0.163. The maximum atomic E-state index is 12.5. The molecule has 0 aliphatic rings. The first-order valence-electron chi connectivity index (χ1n) is 7.95. The van der Waals surface area contributed by atoms with Gasteiger partial charge in [0.2, 0.25) is 0 Å². The molecule has 0 radical (unpaired) electrons. The van der Waals surface area contributed by atoms with E-state index in [1.807, 2.05) is 24.4 Å². The van der Waals surface area contributed by atoms with Gasteiger partial charge in [-0.15, -0.1) is 11.3 Å². The molecule has 1 amide bonds. The third-order valence-corrected chi connectivity index (χ3v) is 4.99. The summed E-state index contributed by atoms with van der Waals surface area (Å²) in [5.41, 5.74) is 3.55. The summed E-state index contributed by atoms with van der Waals surface area (Å²) in [7, 11) is 0. The van der Waals surface area contributed by atoms with Gasteiger partial charge in [0.25, 0.3) is 5.91 Å². The molecule has 0 bridgehead atoms. The average molecular weight is 384 g/mol. The van der Waals surface area contributed by atoms with Crippen LogP contribution in [0.3, 0.4) is 0 Å². The number of benzene rings is 2. The minimum Gasteiger partial charge on any atom is -0.356 e. The number of nitrogens with zero attached hydrogens (tertiary/aromatic N) is 2. The molecule has 26 heavy (non-hydrogen) atoms. The van der Waals surface area contributed by atoms with Crippen molar-refractivity contribution in [1.82, 2.24) is 15.5 Å². The standard InChI is InChI=1S/C19H14ClN3O2S/c1-11-22-16(10-26-11)18-15-8-13(4-7-17(15)25-23-18)19(24)21-9-12-2-5-14(20)6-3-12/h2-8,10H,9H2,1H3,(H,21,24). The van der Waals surface area contributed by atoms with Crippen LogP contribution < -0.4 is 5.32 Å². The Hall–Kier alpha value is -2.70. The molecule has 0 unspecified atom stereocenters. The van der Waals surface area contributed by atoms with Crippen LogP contribution >= 0.6 is 22.9 Å². The number of nitrogens with one attached hydrogen (secondary N) is 1. The van der Waals surface area contributed by atoms with Crippen LogP contribution in [0.5, 0.6) is 0 Å². The molecule has 2 aromatic carbocycles. The van der Waals surface area contributed by atoms with E-state index in [9.17, 15) is 4.79 Å². The summed E-state index contributed by atoms with van der Waals surface area (Å²) >= 11 is 7.42. The van der Waals surface area contributed by atoms with Crippen LogP contribution in [0.1, 0.15) is 20.9 Å². The Bertz CT molecular complexity index is 1090. The summed E-state index contributed by atoms with van der Waals surface area (Å²) in [6.45, 7) is 2.36. The predicted octanol–water partition coefficient (Wildman–Crippen LogP) is 4.84.